The molecule has 0 bridgehead atoms. The summed E-state index contributed by atoms with van der Waals surface area (Å²) in [5.41, 5.74) is 1.37. The molecular formula is C23H25Cl2N3O5. The summed E-state index contributed by atoms with van der Waals surface area (Å²) in [7, 11) is 1.72. The summed E-state index contributed by atoms with van der Waals surface area (Å²) in [5.74, 6) is 0.631. The molecule has 3 aromatic rings. The minimum atomic E-state index is -0.940. The third kappa shape index (κ3) is 7.27. The van der Waals surface area contributed by atoms with Crippen molar-refractivity contribution in [1.29, 1.82) is 0 Å². The smallest absolute Gasteiger partial charge is 0.308 e. The molecule has 0 saturated carbocycles. The topological polar surface area (TPSA) is 95.7 Å². The van der Waals surface area contributed by atoms with E-state index in [4.69, 9.17) is 42.5 Å². The predicted octanol–water partition coefficient (Wildman–Crippen LogP) is 5.34. The van der Waals surface area contributed by atoms with Gasteiger partial charge in [-0.15, -0.1) is 5.10 Å². The Kier molecular flexibility index (Phi) is 8.41. The lowest BCUT2D eigenvalue weighted by Gasteiger charge is -2.15. The van der Waals surface area contributed by atoms with Crippen LogP contribution < -0.4 is 14.2 Å². The number of aryl methyl sites for hydroxylation is 2. The number of halogens is 2. The van der Waals surface area contributed by atoms with Gasteiger partial charge >= 0.3 is 5.97 Å². The van der Waals surface area contributed by atoms with E-state index in [0.29, 0.717) is 58.4 Å². The van der Waals surface area contributed by atoms with E-state index in [9.17, 15) is 4.79 Å². The molecule has 33 heavy (non-hydrogen) atoms. The molecule has 2 aromatic heterocycles. The Morgan fingerprint density at radius 1 is 1.15 bits per heavy atom. The Morgan fingerprint density at radius 2 is 1.94 bits per heavy atom. The molecule has 2 heterocycles. The number of carboxylic acid groups (broad SMARTS) is 1. The summed E-state index contributed by atoms with van der Waals surface area (Å²) in [6.07, 6.45) is 2.67. The first kappa shape index (κ1) is 24.7. The van der Waals surface area contributed by atoms with Crippen molar-refractivity contribution in [2.75, 3.05) is 6.61 Å². The number of nitrogens with zero attached hydrogens (tertiary/aromatic N) is 3. The molecule has 10 heteroatoms. The van der Waals surface area contributed by atoms with Crippen LogP contribution in [0.2, 0.25) is 10.0 Å². The van der Waals surface area contributed by atoms with E-state index in [1.807, 2.05) is 19.9 Å². The molecule has 0 radical (unpaired) electrons. The molecular weight excluding hydrogens is 469 g/mol. The second kappa shape index (κ2) is 11.2. The van der Waals surface area contributed by atoms with Crippen LogP contribution in [0.15, 0.2) is 36.5 Å². The Labute approximate surface area is 202 Å². The number of hydrogen-bond acceptors (Lipinski definition) is 6. The minimum Gasteiger partial charge on any atom is -0.481 e. The molecule has 0 amide bonds. The number of carboxylic acids is 1. The second-order valence-corrected chi connectivity index (χ2v) is 8.46. The van der Waals surface area contributed by atoms with Gasteiger partial charge in [0.1, 0.15) is 5.75 Å². The monoisotopic (exact) mass is 493 g/mol. The molecule has 0 spiro atoms. The van der Waals surface area contributed by atoms with Gasteiger partial charge in [-0.25, -0.2) is 0 Å². The van der Waals surface area contributed by atoms with Crippen molar-refractivity contribution in [1.82, 2.24) is 14.8 Å². The fourth-order valence-electron chi connectivity index (χ4n) is 3.05. The van der Waals surface area contributed by atoms with Gasteiger partial charge in [-0.3, -0.25) is 9.48 Å². The van der Waals surface area contributed by atoms with Gasteiger partial charge in [-0.05, 0) is 51.0 Å². The van der Waals surface area contributed by atoms with E-state index in [2.05, 4.69) is 10.1 Å². The Hall–Kier alpha value is -2.97. The highest BCUT2D eigenvalue weighted by Crippen LogP contribution is 2.33. The molecule has 0 unspecified atom stereocenters. The quantitative estimate of drug-likeness (QED) is 0.360. The lowest BCUT2D eigenvalue weighted by molar-refractivity contribution is -0.136. The van der Waals surface area contributed by atoms with Gasteiger partial charge in [-0.1, -0.05) is 23.2 Å². The van der Waals surface area contributed by atoms with E-state index in [-0.39, 0.29) is 12.5 Å². The number of rotatable bonds is 11. The van der Waals surface area contributed by atoms with Crippen LogP contribution >= 0.6 is 23.2 Å². The average molecular weight is 494 g/mol. The SMILES string of the molecule is CC(C)Oc1ccc(CCCOc2nn(C)cc2CC(=O)O)c(Oc2ccc(Cl)cc2Cl)n1. The maximum Gasteiger partial charge on any atom is 0.308 e. The van der Waals surface area contributed by atoms with Crippen LogP contribution in [0, 0.1) is 0 Å². The maximum absolute atomic E-state index is 11.0. The van der Waals surface area contributed by atoms with Crippen molar-refractivity contribution in [2.24, 2.45) is 7.05 Å². The van der Waals surface area contributed by atoms with E-state index >= 15 is 0 Å². The van der Waals surface area contributed by atoms with Crippen molar-refractivity contribution in [3.8, 4) is 23.4 Å². The minimum absolute atomic E-state index is 0.0397. The number of aromatic nitrogens is 3. The third-order valence-corrected chi connectivity index (χ3v) is 4.94. The Balaban J connectivity index is 1.70. The molecule has 0 aliphatic carbocycles. The first-order valence-electron chi connectivity index (χ1n) is 10.4. The van der Waals surface area contributed by atoms with Gasteiger partial charge in [0.15, 0.2) is 0 Å². The molecule has 0 saturated heterocycles. The van der Waals surface area contributed by atoms with E-state index < -0.39 is 5.97 Å². The second-order valence-electron chi connectivity index (χ2n) is 7.61. The van der Waals surface area contributed by atoms with E-state index in [0.717, 1.165) is 5.56 Å². The molecule has 0 aliphatic heterocycles. The lowest BCUT2D eigenvalue weighted by Crippen LogP contribution is -2.08. The molecule has 1 N–H and O–H groups in total. The molecule has 0 aliphatic rings. The lowest BCUT2D eigenvalue weighted by atomic mass is 10.1. The van der Waals surface area contributed by atoms with Crippen molar-refractivity contribution in [3.05, 3.63) is 57.7 Å². The van der Waals surface area contributed by atoms with Crippen LogP contribution in [0.4, 0.5) is 0 Å². The molecule has 8 nitrogen and oxygen atoms in total. The average Bonchev–Trinajstić information content (AvgIpc) is 3.06. The maximum atomic E-state index is 11.0. The first-order valence-corrected chi connectivity index (χ1v) is 11.1. The zero-order valence-corrected chi connectivity index (χ0v) is 20.1. The highest BCUT2D eigenvalue weighted by atomic mass is 35.5. The zero-order chi connectivity index (χ0) is 24.0. The standard InChI is InChI=1S/C23H25Cl2N3O5/c1-14(2)32-20-9-6-15(22(26-20)33-19-8-7-17(24)12-18(19)25)5-4-10-31-23-16(11-21(29)30)13-28(3)27-23/h6-9,12-14H,4-5,10-11H2,1-3H3,(H,29,30). The molecule has 3 rings (SSSR count). The van der Waals surface area contributed by atoms with Crippen LogP contribution in [-0.2, 0) is 24.7 Å². The summed E-state index contributed by atoms with van der Waals surface area (Å²) < 4.78 is 19.0. The predicted molar refractivity (Wildman–Crippen MR) is 125 cm³/mol. The molecule has 176 valence electrons. The van der Waals surface area contributed by atoms with E-state index in [1.165, 1.54) is 4.68 Å². The number of benzene rings is 1. The van der Waals surface area contributed by atoms with Crippen LogP contribution in [-0.4, -0.2) is 38.6 Å². The van der Waals surface area contributed by atoms with Gasteiger partial charge in [0.05, 0.1) is 24.2 Å². The number of hydrogen-bond donors (Lipinski definition) is 1. The molecule has 0 atom stereocenters. The van der Waals surface area contributed by atoms with Crippen LogP contribution in [0.25, 0.3) is 0 Å². The number of carbonyl (C=O) groups is 1. The van der Waals surface area contributed by atoms with Gasteiger partial charge in [0.25, 0.3) is 0 Å². The van der Waals surface area contributed by atoms with Crippen molar-refractivity contribution in [3.63, 3.8) is 0 Å². The highest BCUT2D eigenvalue weighted by molar-refractivity contribution is 6.35. The summed E-state index contributed by atoms with van der Waals surface area (Å²) in [4.78, 5) is 15.5. The first-order chi connectivity index (χ1) is 15.7. The zero-order valence-electron chi connectivity index (χ0n) is 18.5. The van der Waals surface area contributed by atoms with Crippen molar-refractivity contribution < 1.29 is 24.1 Å². The van der Waals surface area contributed by atoms with Crippen LogP contribution in [0.3, 0.4) is 0 Å². The highest BCUT2D eigenvalue weighted by Gasteiger charge is 2.15. The van der Waals surface area contributed by atoms with Gasteiger partial charge in [-0.2, -0.15) is 4.98 Å². The summed E-state index contributed by atoms with van der Waals surface area (Å²) >= 11 is 12.2. The van der Waals surface area contributed by atoms with Gasteiger partial charge < -0.3 is 19.3 Å². The van der Waals surface area contributed by atoms with Gasteiger partial charge in [0, 0.05) is 35.5 Å². The third-order valence-electron chi connectivity index (χ3n) is 4.41. The van der Waals surface area contributed by atoms with Crippen LogP contribution in [0.1, 0.15) is 31.4 Å². The van der Waals surface area contributed by atoms with Crippen molar-refractivity contribution >= 4 is 29.2 Å². The summed E-state index contributed by atoms with van der Waals surface area (Å²) in [5, 5.41) is 14.1. The number of pyridine rings is 1. The van der Waals surface area contributed by atoms with E-state index in [1.54, 1.807) is 37.5 Å². The van der Waals surface area contributed by atoms with Gasteiger partial charge in [0.2, 0.25) is 17.6 Å². The Bertz CT molecular complexity index is 1120. The number of ether oxygens (including phenoxy) is 3. The Morgan fingerprint density at radius 3 is 2.64 bits per heavy atom. The molecule has 1 aromatic carbocycles. The largest absolute Gasteiger partial charge is 0.481 e. The fourth-order valence-corrected chi connectivity index (χ4v) is 3.50. The fraction of sp³-hybridized carbons (Fsp3) is 0.348. The van der Waals surface area contributed by atoms with Crippen LogP contribution in [0.5, 0.6) is 23.4 Å². The summed E-state index contributed by atoms with van der Waals surface area (Å²) in [6, 6.07) is 8.64. The normalized spacial score (nSPS) is 11.0. The summed E-state index contributed by atoms with van der Waals surface area (Å²) in [6.45, 7) is 4.18. The van der Waals surface area contributed by atoms with Crippen molar-refractivity contribution in [2.45, 2.75) is 39.2 Å². The molecule has 0 fully saturated rings. The number of aliphatic carboxylic acids is 1.